The van der Waals surface area contributed by atoms with Gasteiger partial charge in [-0.3, -0.25) is 0 Å². The molecule has 23 heavy (non-hydrogen) atoms. The van der Waals surface area contributed by atoms with Crippen LogP contribution < -0.4 is 4.74 Å². The second kappa shape index (κ2) is 6.88. The Morgan fingerprint density at radius 1 is 0.696 bits per heavy atom. The van der Waals surface area contributed by atoms with Gasteiger partial charge in [-0.15, -0.1) is 0 Å². The molecule has 0 spiro atoms. The third kappa shape index (κ3) is 3.83. The lowest BCUT2D eigenvalue weighted by Crippen LogP contribution is -1.83. The van der Waals surface area contributed by atoms with Gasteiger partial charge in [0.1, 0.15) is 5.75 Å². The molecule has 0 aliphatic rings. The summed E-state index contributed by atoms with van der Waals surface area (Å²) in [5.74, 6) is 0.852. The molecule has 0 radical (unpaired) electrons. The van der Waals surface area contributed by atoms with E-state index >= 15 is 0 Å². The normalized spacial score (nSPS) is 10.9. The zero-order valence-electron chi connectivity index (χ0n) is 13.2. The molecule has 3 nitrogen and oxygen atoms in total. The predicted molar refractivity (Wildman–Crippen MR) is 93.8 cm³/mol. The highest BCUT2D eigenvalue weighted by molar-refractivity contribution is 5.66. The van der Waals surface area contributed by atoms with Crippen LogP contribution in [0.2, 0.25) is 0 Å². The number of rotatable bonds is 4. The van der Waals surface area contributed by atoms with Crippen LogP contribution in [0, 0.1) is 6.92 Å². The van der Waals surface area contributed by atoms with Gasteiger partial charge in [0, 0.05) is 0 Å². The number of aryl methyl sites for hydroxylation is 1. The fourth-order valence-electron chi connectivity index (χ4n) is 2.25. The molecule has 3 rings (SSSR count). The molecule has 0 saturated heterocycles. The molecular weight excluding hydrogens is 284 g/mol. The van der Waals surface area contributed by atoms with E-state index in [9.17, 15) is 0 Å². The average molecular weight is 302 g/mol. The number of methoxy groups -OCH3 is 1. The van der Waals surface area contributed by atoms with E-state index in [1.165, 1.54) is 5.56 Å². The minimum atomic E-state index is 0.831. The Balaban J connectivity index is 1.77. The molecule has 3 aromatic rings. The van der Waals surface area contributed by atoms with E-state index in [0.29, 0.717) is 0 Å². The summed E-state index contributed by atoms with van der Waals surface area (Å²) in [7, 11) is 1.67. The molecule has 0 saturated carbocycles. The van der Waals surface area contributed by atoms with E-state index in [-0.39, 0.29) is 0 Å². The highest BCUT2D eigenvalue weighted by Crippen LogP contribution is 2.26. The molecule has 0 heterocycles. The maximum Gasteiger partial charge on any atom is 0.119 e. The van der Waals surface area contributed by atoms with Gasteiger partial charge >= 0.3 is 0 Å². The Morgan fingerprint density at radius 3 is 1.91 bits per heavy atom. The molecule has 0 aliphatic heterocycles. The Bertz CT molecular complexity index is 806. The van der Waals surface area contributed by atoms with Gasteiger partial charge in [0.2, 0.25) is 0 Å². The fourth-order valence-corrected chi connectivity index (χ4v) is 2.25. The summed E-state index contributed by atoms with van der Waals surface area (Å²) in [5, 5.41) is 8.53. The molecule has 3 heteroatoms. The van der Waals surface area contributed by atoms with E-state index in [1.54, 1.807) is 7.11 Å². The maximum atomic E-state index is 5.26. The predicted octanol–water partition coefficient (Wildman–Crippen LogP) is 6.09. The summed E-state index contributed by atoms with van der Waals surface area (Å²) in [6, 6.07) is 24.0. The molecule has 0 unspecified atom stereocenters. The van der Waals surface area contributed by atoms with Crippen molar-refractivity contribution in [2.45, 2.75) is 6.92 Å². The Hall–Kier alpha value is -2.94. The van der Waals surface area contributed by atoms with Gasteiger partial charge in [0.05, 0.1) is 18.5 Å². The van der Waals surface area contributed by atoms with E-state index in [0.717, 1.165) is 28.3 Å². The lowest BCUT2D eigenvalue weighted by Gasteiger charge is -2.04. The molecule has 3 aromatic carbocycles. The molecule has 0 N–H and O–H groups in total. The van der Waals surface area contributed by atoms with Crippen LogP contribution in [0.5, 0.6) is 5.75 Å². The van der Waals surface area contributed by atoms with Crippen LogP contribution in [0.25, 0.3) is 11.1 Å². The monoisotopic (exact) mass is 302 g/mol. The second-order valence-electron chi connectivity index (χ2n) is 5.31. The minimum Gasteiger partial charge on any atom is -0.497 e. The number of hydrogen-bond donors (Lipinski definition) is 0. The lowest BCUT2D eigenvalue weighted by molar-refractivity contribution is 0.415. The molecule has 0 bridgehead atoms. The van der Waals surface area contributed by atoms with Crippen molar-refractivity contribution in [3.8, 4) is 16.9 Å². The number of ether oxygens (including phenoxy) is 1. The van der Waals surface area contributed by atoms with Gasteiger partial charge < -0.3 is 4.74 Å². The van der Waals surface area contributed by atoms with Crippen molar-refractivity contribution < 1.29 is 4.74 Å². The third-order valence-corrected chi connectivity index (χ3v) is 3.59. The smallest absolute Gasteiger partial charge is 0.119 e. The zero-order chi connectivity index (χ0) is 16.1. The van der Waals surface area contributed by atoms with Gasteiger partial charge in [-0.25, -0.2) is 0 Å². The summed E-state index contributed by atoms with van der Waals surface area (Å²) >= 11 is 0. The maximum absolute atomic E-state index is 5.26. The van der Waals surface area contributed by atoms with Crippen molar-refractivity contribution in [1.29, 1.82) is 0 Å². The molecule has 114 valence electrons. The first-order valence-corrected chi connectivity index (χ1v) is 7.47. The first-order valence-electron chi connectivity index (χ1n) is 7.47. The summed E-state index contributed by atoms with van der Waals surface area (Å²) in [4.78, 5) is 0. The Labute approximate surface area is 136 Å². The Morgan fingerprint density at radius 2 is 1.30 bits per heavy atom. The summed E-state index contributed by atoms with van der Waals surface area (Å²) in [6.07, 6.45) is 0. The topological polar surface area (TPSA) is 34.0 Å². The van der Waals surface area contributed by atoms with E-state index < -0.39 is 0 Å². The van der Waals surface area contributed by atoms with Crippen LogP contribution in [0.4, 0.5) is 11.4 Å². The summed E-state index contributed by atoms with van der Waals surface area (Å²) < 4.78 is 5.26. The van der Waals surface area contributed by atoms with Crippen LogP contribution in [0.15, 0.2) is 83.0 Å². The van der Waals surface area contributed by atoms with Gasteiger partial charge in [-0.1, -0.05) is 42.0 Å². The van der Waals surface area contributed by atoms with Gasteiger partial charge in [0.15, 0.2) is 0 Å². The summed E-state index contributed by atoms with van der Waals surface area (Å²) in [6.45, 7) is 2.05. The number of benzene rings is 3. The fraction of sp³-hybridized carbons (Fsp3) is 0.100. The first kappa shape index (κ1) is 15.0. The third-order valence-electron chi connectivity index (χ3n) is 3.59. The quantitative estimate of drug-likeness (QED) is 0.537. The average Bonchev–Trinajstić information content (AvgIpc) is 2.62. The molecular formula is C20H18N2O. The minimum absolute atomic E-state index is 0.831. The zero-order valence-corrected chi connectivity index (χ0v) is 13.2. The van der Waals surface area contributed by atoms with E-state index in [2.05, 4.69) is 23.2 Å². The number of hydrogen-bond acceptors (Lipinski definition) is 3. The molecule has 0 aromatic heterocycles. The van der Waals surface area contributed by atoms with Crippen LogP contribution >= 0.6 is 0 Å². The standard InChI is InChI=1S/C20H18N2O/c1-15-6-10-18(11-7-15)21-22-19-12-8-16(9-13-19)17-4-3-5-20(14-17)23-2/h3-14H,1-2H3. The van der Waals surface area contributed by atoms with Crippen LogP contribution in [0.3, 0.4) is 0 Å². The highest BCUT2D eigenvalue weighted by Gasteiger charge is 2.00. The van der Waals surface area contributed by atoms with E-state index in [1.807, 2.05) is 66.7 Å². The van der Waals surface area contributed by atoms with E-state index in [4.69, 9.17) is 4.74 Å². The van der Waals surface area contributed by atoms with Crippen LogP contribution in [-0.4, -0.2) is 7.11 Å². The van der Waals surface area contributed by atoms with Crippen molar-refractivity contribution in [1.82, 2.24) is 0 Å². The Kier molecular flexibility index (Phi) is 4.48. The van der Waals surface area contributed by atoms with Gasteiger partial charge in [-0.05, 0) is 54.4 Å². The van der Waals surface area contributed by atoms with Gasteiger partial charge in [-0.2, -0.15) is 10.2 Å². The van der Waals surface area contributed by atoms with Crippen molar-refractivity contribution >= 4 is 11.4 Å². The second-order valence-corrected chi connectivity index (χ2v) is 5.31. The SMILES string of the molecule is COc1cccc(-c2ccc(N=Nc3ccc(C)cc3)cc2)c1. The molecule has 0 fully saturated rings. The number of azo groups is 1. The van der Waals surface area contributed by atoms with Crippen LogP contribution in [0.1, 0.15) is 5.56 Å². The van der Waals surface area contributed by atoms with Crippen molar-refractivity contribution in [3.63, 3.8) is 0 Å². The van der Waals surface area contributed by atoms with Crippen LogP contribution in [-0.2, 0) is 0 Å². The molecule has 0 atom stereocenters. The first-order chi connectivity index (χ1) is 11.2. The van der Waals surface area contributed by atoms with Crippen molar-refractivity contribution in [2.75, 3.05) is 7.11 Å². The summed E-state index contributed by atoms with van der Waals surface area (Å²) in [5.41, 5.74) is 5.14. The lowest BCUT2D eigenvalue weighted by atomic mass is 10.1. The molecule has 0 amide bonds. The van der Waals surface area contributed by atoms with Gasteiger partial charge in [0.25, 0.3) is 0 Å². The number of nitrogens with zero attached hydrogens (tertiary/aromatic N) is 2. The van der Waals surface area contributed by atoms with Crippen molar-refractivity contribution in [3.05, 3.63) is 78.4 Å². The largest absolute Gasteiger partial charge is 0.497 e. The van der Waals surface area contributed by atoms with Crippen molar-refractivity contribution in [2.24, 2.45) is 10.2 Å². The highest BCUT2D eigenvalue weighted by atomic mass is 16.5. The molecule has 0 aliphatic carbocycles.